The molecule has 0 aliphatic carbocycles. The van der Waals surface area contributed by atoms with Gasteiger partial charge in [-0.25, -0.2) is 4.79 Å². The molecule has 0 saturated carbocycles. The first-order valence-electron chi connectivity index (χ1n) is 13.8. The first-order valence-corrected chi connectivity index (χ1v) is 13.8. The lowest BCUT2D eigenvalue weighted by Gasteiger charge is -2.40. The van der Waals surface area contributed by atoms with Gasteiger partial charge in [0, 0.05) is 18.0 Å². The Balaban J connectivity index is 3.66. The molecule has 0 heterocycles. The molecule has 0 fully saturated rings. The van der Waals surface area contributed by atoms with Crippen molar-refractivity contribution in [2.24, 2.45) is 11.7 Å². The quantitative estimate of drug-likeness (QED) is 0.348. The average Bonchev–Trinajstić information content (AvgIpc) is 2.76. The normalized spacial score (nSPS) is 14.2. The molecule has 3 unspecified atom stereocenters. The molecule has 4 N–H and O–H groups in total. The van der Waals surface area contributed by atoms with Gasteiger partial charge in [0.25, 0.3) is 0 Å². The van der Waals surface area contributed by atoms with Crippen molar-refractivity contribution >= 4 is 23.8 Å². The van der Waals surface area contributed by atoms with Gasteiger partial charge in [-0.05, 0) is 86.1 Å². The minimum absolute atomic E-state index is 0.0255. The Kier molecular flexibility index (Phi) is 12.5. The van der Waals surface area contributed by atoms with Crippen LogP contribution in [0.1, 0.15) is 105 Å². The summed E-state index contributed by atoms with van der Waals surface area (Å²) in [5.41, 5.74) is 5.74. The molecule has 0 spiro atoms. The fraction of sp³-hybridized carbons (Fsp3) is 0.667. The molecule has 0 aromatic heterocycles. The molecule has 0 aliphatic heterocycles. The van der Waals surface area contributed by atoms with E-state index in [9.17, 15) is 19.2 Å². The van der Waals surface area contributed by atoms with Crippen molar-refractivity contribution in [2.75, 3.05) is 0 Å². The van der Waals surface area contributed by atoms with Gasteiger partial charge in [-0.15, -0.1) is 0 Å². The number of hydrogen-bond donors (Lipinski definition) is 3. The molecular weight excluding hydrogens is 496 g/mol. The van der Waals surface area contributed by atoms with E-state index in [1.54, 1.807) is 25.7 Å². The molecule has 0 saturated heterocycles. The SMILES string of the molecule is Cc1ccc(C(C(=O)NC(C)(C)C)N(C(=O)C(CCC(N)=O)NC(=O)OC(C)(C)C)C(C)CCC(C)C)cc1. The Morgan fingerprint density at radius 2 is 1.49 bits per heavy atom. The summed E-state index contributed by atoms with van der Waals surface area (Å²) in [6, 6.07) is 5.05. The van der Waals surface area contributed by atoms with Crippen molar-refractivity contribution in [3.63, 3.8) is 0 Å². The number of hydrogen-bond acceptors (Lipinski definition) is 5. The highest BCUT2D eigenvalue weighted by Crippen LogP contribution is 2.29. The zero-order valence-corrected chi connectivity index (χ0v) is 25.5. The number of alkyl carbamates (subject to hydrolysis) is 1. The number of carbonyl (C=O) groups excluding carboxylic acids is 4. The van der Waals surface area contributed by atoms with E-state index in [-0.39, 0.29) is 24.8 Å². The largest absolute Gasteiger partial charge is 0.444 e. The maximum atomic E-state index is 14.3. The monoisotopic (exact) mass is 546 g/mol. The number of nitrogens with two attached hydrogens (primary N) is 1. The Hall–Kier alpha value is -3.10. The highest BCUT2D eigenvalue weighted by Gasteiger charge is 2.39. The minimum atomic E-state index is -1.12. The molecule has 4 amide bonds. The number of amides is 4. The smallest absolute Gasteiger partial charge is 0.408 e. The summed E-state index contributed by atoms with van der Waals surface area (Å²) in [6.45, 7) is 18.9. The van der Waals surface area contributed by atoms with Crippen molar-refractivity contribution in [2.45, 2.75) is 124 Å². The van der Waals surface area contributed by atoms with E-state index in [1.807, 2.05) is 58.9 Å². The van der Waals surface area contributed by atoms with Gasteiger partial charge in [0.2, 0.25) is 17.7 Å². The third kappa shape index (κ3) is 12.5. The number of nitrogens with zero attached hydrogens (tertiary/aromatic N) is 1. The summed E-state index contributed by atoms with van der Waals surface area (Å²) in [5.74, 6) is -1.02. The third-order valence-corrected chi connectivity index (χ3v) is 5.98. The molecule has 0 radical (unpaired) electrons. The van der Waals surface area contributed by atoms with Crippen molar-refractivity contribution in [3.05, 3.63) is 35.4 Å². The zero-order chi connectivity index (χ0) is 30.1. The predicted molar refractivity (Wildman–Crippen MR) is 154 cm³/mol. The van der Waals surface area contributed by atoms with Crippen LogP contribution in [0.2, 0.25) is 0 Å². The number of nitrogens with one attached hydrogen (secondary N) is 2. The summed E-state index contributed by atoms with van der Waals surface area (Å²) >= 11 is 0. The Bertz CT molecular complexity index is 977. The van der Waals surface area contributed by atoms with E-state index in [4.69, 9.17) is 10.5 Å². The molecule has 1 aromatic rings. The zero-order valence-electron chi connectivity index (χ0n) is 25.5. The average molecular weight is 547 g/mol. The van der Waals surface area contributed by atoms with Gasteiger partial charge in [0.05, 0.1) is 0 Å². The lowest BCUT2D eigenvalue weighted by atomic mass is 9.95. The second-order valence-corrected chi connectivity index (χ2v) is 12.8. The fourth-order valence-corrected chi connectivity index (χ4v) is 4.11. The first kappa shape index (κ1) is 33.9. The topological polar surface area (TPSA) is 131 Å². The summed E-state index contributed by atoms with van der Waals surface area (Å²) < 4.78 is 5.40. The van der Waals surface area contributed by atoms with Crippen molar-refractivity contribution in [1.29, 1.82) is 0 Å². The Morgan fingerprint density at radius 1 is 0.923 bits per heavy atom. The van der Waals surface area contributed by atoms with Gasteiger partial charge in [0.1, 0.15) is 17.7 Å². The van der Waals surface area contributed by atoms with Crippen LogP contribution < -0.4 is 16.4 Å². The van der Waals surface area contributed by atoms with E-state index in [2.05, 4.69) is 24.5 Å². The van der Waals surface area contributed by atoms with E-state index < -0.39 is 41.1 Å². The second kappa shape index (κ2) is 14.3. The minimum Gasteiger partial charge on any atom is -0.444 e. The van der Waals surface area contributed by atoms with Crippen molar-refractivity contribution in [3.8, 4) is 0 Å². The number of aryl methyl sites for hydroxylation is 1. The maximum Gasteiger partial charge on any atom is 0.408 e. The summed E-state index contributed by atoms with van der Waals surface area (Å²) in [4.78, 5) is 54.1. The van der Waals surface area contributed by atoms with E-state index in [0.29, 0.717) is 17.9 Å². The predicted octanol–water partition coefficient (Wildman–Crippen LogP) is 4.76. The Morgan fingerprint density at radius 3 is 1.95 bits per heavy atom. The lowest BCUT2D eigenvalue weighted by Crippen LogP contribution is -2.57. The fourth-order valence-electron chi connectivity index (χ4n) is 4.11. The summed E-state index contributed by atoms with van der Waals surface area (Å²) in [5, 5.41) is 5.67. The van der Waals surface area contributed by atoms with Crippen LogP contribution in [0, 0.1) is 12.8 Å². The molecule has 9 heteroatoms. The van der Waals surface area contributed by atoms with Gasteiger partial charge in [-0.3, -0.25) is 14.4 Å². The molecule has 1 rings (SSSR count). The van der Waals surface area contributed by atoms with Gasteiger partial charge >= 0.3 is 6.09 Å². The third-order valence-electron chi connectivity index (χ3n) is 5.98. The van der Waals surface area contributed by atoms with Crippen molar-refractivity contribution < 1.29 is 23.9 Å². The molecule has 0 aliphatic rings. The summed E-state index contributed by atoms with van der Waals surface area (Å²) in [7, 11) is 0. The number of ether oxygens (including phenoxy) is 1. The van der Waals surface area contributed by atoms with Gasteiger partial charge in [-0.2, -0.15) is 0 Å². The molecular formula is C30H50N4O5. The number of primary amides is 1. The van der Waals surface area contributed by atoms with Crippen molar-refractivity contribution in [1.82, 2.24) is 15.5 Å². The van der Waals surface area contributed by atoms with Crippen LogP contribution in [-0.2, 0) is 19.1 Å². The molecule has 1 aromatic carbocycles. The standard InChI is InChI=1S/C30H50N4O5/c1-19(2)11-14-21(4)34(25(26(36)33-29(5,6)7)22-15-12-20(3)13-16-22)27(37)23(17-18-24(31)35)32-28(38)39-30(8,9)10/h12-13,15-16,19,21,23,25H,11,14,17-18H2,1-10H3,(H2,31,35)(H,32,38)(H,33,36). The van der Waals surface area contributed by atoms with E-state index in [1.165, 1.54) is 0 Å². The molecule has 3 atom stereocenters. The molecule has 39 heavy (non-hydrogen) atoms. The van der Waals surface area contributed by atoms with E-state index >= 15 is 0 Å². The molecule has 220 valence electrons. The van der Waals surface area contributed by atoms with Crippen LogP contribution in [0.4, 0.5) is 4.79 Å². The van der Waals surface area contributed by atoms with Gasteiger partial charge < -0.3 is 26.0 Å². The number of rotatable bonds is 12. The van der Waals surface area contributed by atoms with Crippen LogP contribution >= 0.6 is 0 Å². The van der Waals surface area contributed by atoms with Gasteiger partial charge in [-0.1, -0.05) is 43.7 Å². The van der Waals surface area contributed by atoms with E-state index in [0.717, 1.165) is 12.0 Å². The first-order chi connectivity index (χ1) is 17.8. The van der Waals surface area contributed by atoms with Gasteiger partial charge in [0.15, 0.2) is 0 Å². The lowest BCUT2D eigenvalue weighted by molar-refractivity contribution is -0.146. The van der Waals surface area contributed by atoms with Crippen LogP contribution in [0.5, 0.6) is 0 Å². The molecule has 0 bridgehead atoms. The number of benzene rings is 1. The maximum absolute atomic E-state index is 14.3. The highest BCUT2D eigenvalue weighted by atomic mass is 16.6. The van der Waals surface area contributed by atoms with Crippen LogP contribution in [0.25, 0.3) is 0 Å². The number of carbonyl (C=O) groups is 4. The Labute approximate surface area is 234 Å². The molecule has 9 nitrogen and oxygen atoms in total. The van der Waals surface area contributed by atoms with Crippen LogP contribution in [0.15, 0.2) is 24.3 Å². The second-order valence-electron chi connectivity index (χ2n) is 12.8. The highest BCUT2D eigenvalue weighted by molar-refractivity contribution is 5.93. The summed E-state index contributed by atoms with van der Waals surface area (Å²) in [6.07, 6.45) is 0.541. The van der Waals surface area contributed by atoms with Crippen LogP contribution in [-0.4, -0.2) is 51.9 Å². The van der Waals surface area contributed by atoms with Crippen LogP contribution in [0.3, 0.4) is 0 Å².